The molecule has 1 aliphatic heterocycles. The van der Waals surface area contributed by atoms with Gasteiger partial charge in [-0.15, -0.1) is 0 Å². The van der Waals surface area contributed by atoms with Crippen molar-refractivity contribution < 1.29 is 28.6 Å². The van der Waals surface area contributed by atoms with Gasteiger partial charge in [-0.2, -0.15) is 5.10 Å². The molecule has 0 aliphatic carbocycles. The van der Waals surface area contributed by atoms with Crippen LogP contribution in [0.4, 0.5) is 25.8 Å². The zero-order valence-electron chi connectivity index (χ0n) is 20.3. The van der Waals surface area contributed by atoms with E-state index in [4.69, 9.17) is 0 Å². The van der Waals surface area contributed by atoms with Crippen LogP contribution in [0.15, 0.2) is 77.9 Å². The first-order valence-electron chi connectivity index (χ1n) is 11.6. The van der Waals surface area contributed by atoms with Gasteiger partial charge in [-0.25, -0.2) is 13.6 Å². The van der Waals surface area contributed by atoms with Crippen LogP contribution in [0.25, 0.3) is 11.1 Å². The predicted molar refractivity (Wildman–Crippen MR) is 140 cm³/mol. The monoisotopic (exact) mass is 513 g/mol. The molecule has 38 heavy (non-hydrogen) atoms. The summed E-state index contributed by atoms with van der Waals surface area (Å²) in [5, 5.41) is 24.3. The highest BCUT2D eigenvalue weighted by atomic mass is 19.2. The quantitative estimate of drug-likeness (QED) is 0.220. The van der Waals surface area contributed by atoms with Crippen LogP contribution < -0.4 is 10.3 Å². The maximum atomic E-state index is 15.0. The number of phenols is 1. The summed E-state index contributed by atoms with van der Waals surface area (Å²) in [5.74, 6) is -4.41. The number of halogens is 2. The molecule has 3 N–H and O–H groups in total. The highest BCUT2D eigenvalue weighted by molar-refractivity contribution is 6.55. The Morgan fingerprint density at radius 3 is 2.45 bits per heavy atom. The lowest BCUT2D eigenvalue weighted by Crippen LogP contribution is -2.26. The molecule has 0 saturated heterocycles. The second-order valence-electron chi connectivity index (χ2n) is 8.82. The fourth-order valence-corrected chi connectivity index (χ4v) is 4.30. The molecule has 0 bridgehead atoms. The van der Waals surface area contributed by atoms with E-state index in [1.54, 1.807) is 36.4 Å². The molecule has 0 saturated carbocycles. The lowest BCUT2D eigenvalue weighted by molar-refractivity contribution is -0.111. The molecule has 0 spiro atoms. The molecule has 9 heteroatoms. The molecule has 0 unspecified atom stereocenters. The van der Waals surface area contributed by atoms with E-state index < -0.39 is 23.5 Å². The fraction of sp³-hybridized carbons (Fsp3) is 0.0690. The van der Waals surface area contributed by atoms with Gasteiger partial charge < -0.3 is 10.2 Å². The van der Waals surface area contributed by atoms with E-state index in [2.05, 4.69) is 10.5 Å². The summed E-state index contributed by atoms with van der Waals surface area (Å²) < 4.78 is 29.2. The number of nitrogens with one attached hydrogen (secondary N) is 1. The van der Waals surface area contributed by atoms with Crippen LogP contribution in [-0.4, -0.2) is 27.8 Å². The number of amides is 1. The Kier molecular flexibility index (Phi) is 6.12. The molecule has 1 aliphatic rings. The zero-order chi connectivity index (χ0) is 27.1. The third-order valence-electron chi connectivity index (χ3n) is 6.45. The van der Waals surface area contributed by atoms with Crippen molar-refractivity contribution in [3.05, 3.63) is 107 Å². The maximum absolute atomic E-state index is 15.0. The predicted octanol–water partition coefficient (Wildman–Crippen LogP) is 6.15. The number of aryl methyl sites for hydroxylation is 2. The third kappa shape index (κ3) is 4.13. The Balaban J connectivity index is 1.56. The number of aromatic carboxylic acids is 1. The van der Waals surface area contributed by atoms with Gasteiger partial charge >= 0.3 is 5.97 Å². The largest absolute Gasteiger partial charge is 0.505 e. The summed E-state index contributed by atoms with van der Waals surface area (Å²) in [6.45, 7) is 3.80. The number of phenolic OH excluding ortho intramolecular Hbond substituents is 1. The van der Waals surface area contributed by atoms with Crippen molar-refractivity contribution in [1.29, 1.82) is 0 Å². The molecular formula is C29H21F2N3O4. The molecule has 4 aromatic carbocycles. The number of hydrazone groups is 1. The molecule has 0 atom stereocenters. The number of carboxylic acid groups (broad SMARTS) is 1. The maximum Gasteiger partial charge on any atom is 0.335 e. The Morgan fingerprint density at radius 1 is 0.947 bits per heavy atom. The summed E-state index contributed by atoms with van der Waals surface area (Å²) in [6, 6.07) is 18.2. The van der Waals surface area contributed by atoms with Crippen LogP contribution in [0.5, 0.6) is 5.75 Å². The minimum atomic E-state index is -1.22. The molecule has 1 heterocycles. The summed E-state index contributed by atoms with van der Waals surface area (Å²) in [5.41, 5.74) is 5.33. The number of hydrogen-bond donors (Lipinski definition) is 3. The van der Waals surface area contributed by atoms with E-state index in [0.717, 1.165) is 17.2 Å². The van der Waals surface area contributed by atoms with E-state index in [9.17, 15) is 28.6 Å². The topological polar surface area (TPSA) is 102 Å². The first-order chi connectivity index (χ1) is 18.2. The fourth-order valence-electron chi connectivity index (χ4n) is 4.30. The van der Waals surface area contributed by atoms with Gasteiger partial charge in [0, 0.05) is 11.3 Å². The number of benzene rings is 4. The number of carbonyl (C=O) groups excluding carboxylic acids is 1. The number of para-hydroxylation sites is 1. The third-order valence-corrected chi connectivity index (χ3v) is 6.45. The second-order valence-corrected chi connectivity index (χ2v) is 8.82. The van der Waals surface area contributed by atoms with Crippen LogP contribution in [-0.2, 0) is 4.79 Å². The smallest absolute Gasteiger partial charge is 0.335 e. The van der Waals surface area contributed by atoms with Crippen molar-refractivity contribution >= 4 is 34.7 Å². The molecule has 0 aromatic heterocycles. The van der Waals surface area contributed by atoms with Crippen LogP contribution in [0, 0.1) is 25.5 Å². The van der Waals surface area contributed by atoms with Crippen molar-refractivity contribution in [2.75, 3.05) is 10.3 Å². The number of aromatic hydroxyl groups is 1. The van der Waals surface area contributed by atoms with Gasteiger partial charge in [0.15, 0.2) is 17.3 Å². The SMILES string of the molecule is Cc1ccc(N2C(=O)C(=NNc3cccc(-c4cccc(C(=O)O)c4)c3O)c3c2ccc(F)c3F)cc1C. The number of fused-ring (bicyclic) bond motifs is 1. The number of nitrogens with zero attached hydrogens (tertiary/aromatic N) is 2. The Labute approximate surface area is 216 Å². The molecule has 0 fully saturated rings. The summed E-state index contributed by atoms with van der Waals surface area (Å²) in [4.78, 5) is 26.1. The van der Waals surface area contributed by atoms with E-state index in [0.29, 0.717) is 16.8 Å². The van der Waals surface area contributed by atoms with Crippen LogP contribution in [0.3, 0.4) is 0 Å². The standard InChI is InChI=1S/C29H21F2N3O4/c1-15-9-10-19(13-16(15)2)34-23-12-11-21(30)25(31)24(23)26(28(34)36)33-32-22-8-4-7-20(27(22)35)17-5-3-6-18(14-17)29(37)38/h3-14,32,35H,1-2H3,(H,37,38). The summed E-state index contributed by atoms with van der Waals surface area (Å²) in [6.07, 6.45) is 0. The van der Waals surface area contributed by atoms with Gasteiger partial charge in [0.2, 0.25) is 0 Å². The molecule has 1 amide bonds. The number of carboxylic acids is 1. The highest BCUT2D eigenvalue weighted by Gasteiger charge is 2.39. The highest BCUT2D eigenvalue weighted by Crippen LogP contribution is 2.40. The zero-order valence-corrected chi connectivity index (χ0v) is 20.3. The average Bonchev–Trinajstić information content (AvgIpc) is 3.19. The van der Waals surface area contributed by atoms with Gasteiger partial charge in [-0.05, 0) is 73.0 Å². The number of carbonyl (C=O) groups is 2. The molecule has 7 nitrogen and oxygen atoms in total. The Bertz CT molecular complexity index is 1670. The molecular weight excluding hydrogens is 492 g/mol. The lowest BCUT2D eigenvalue weighted by atomic mass is 10.0. The van der Waals surface area contributed by atoms with Crippen LogP contribution in [0.1, 0.15) is 27.0 Å². The minimum Gasteiger partial charge on any atom is -0.505 e. The molecule has 0 radical (unpaired) electrons. The summed E-state index contributed by atoms with van der Waals surface area (Å²) >= 11 is 0. The van der Waals surface area contributed by atoms with E-state index >= 15 is 0 Å². The number of hydrogen-bond acceptors (Lipinski definition) is 5. The van der Waals surface area contributed by atoms with Crippen molar-refractivity contribution in [1.82, 2.24) is 0 Å². The summed E-state index contributed by atoms with van der Waals surface area (Å²) in [7, 11) is 0. The van der Waals surface area contributed by atoms with E-state index in [-0.39, 0.29) is 34.0 Å². The lowest BCUT2D eigenvalue weighted by Gasteiger charge is -2.18. The van der Waals surface area contributed by atoms with Gasteiger partial charge in [0.1, 0.15) is 5.75 Å². The number of rotatable bonds is 5. The van der Waals surface area contributed by atoms with Crippen molar-refractivity contribution in [3.63, 3.8) is 0 Å². The van der Waals surface area contributed by atoms with Gasteiger partial charge in [-0.1, -0.05) is 30.3 Å². The van der Waals surface area contributed by atoms with Crippen LogP contribution in [0.2, 0.25) is 0 Å². The Morgan fingerprint density at radius 2 is 1.71 bits per heavy atom. The van der Waals surface area contributed by atoms with Crippen molar-refractivity contribution in [2.45, 2.75) is 13.8 Å². The van der Waals surface area contributed by atoms with E-state index in [1.165, 1.54) is 29.2 Å². The molecule has 5 rings (SSSR count). The van der Waals surface area contributed by atoms with Gasteiger partial charge in [0.05, 0.1) is 22.5 Å². The van der Waals surface area contributed by atoms with Crippen molar-refractivity contribution in [3.8, 4) is 16.9 Å². The number of anilines is 3. The Hall–Kier alpha value is -5.05. The average molecular weight is 514 g/mol. The first kappa shape index (κ1) is 24.6. The molecule has 4 aromatic rings. The molecule has 190 valence electrons. The second kappa shape index (κ2) is 9.44. The van der Waals surface area contributed by atoms with Gasteiger partial charge in [0.25, 0.3) is 5.91 Å². The van der Waals surface area contributed by atoms with Crippen LogP contribution >= 0.6 is 0 Å². The normalized spacial score (nSPS) is 13.6. The first-order valence-corrected chi connectivity index (χ1v) is 11.6. The van der Waals surface area contributed by atoms with Crippen molar-refractivity contribution in [2.24, 2.45) is 5.10 Å². The minimum absolute atomic E-state index is 0.0394. The van der Waals surface area contributed by atoms with E-state index in [1.807, 2.05) is 19.9 Å². The van der Waals surface area contributed by atoms with Gasteiger partial charge in [-0.3, -0.25) is 15.1 Å².